The van der Waals surface area contributed by atoms with Crippen molar-refractivity contribution in [1.29, 1.82) is 0 Å². The normalized spacial score (nSPS) is 10.2. The zero-order valence-electron chi connectivity index (χ0n) is 8.63. The van der Waals surface area contributed by atoms with Crippen molar-refractivity contribution in [2.45, 2.75) is 20.8 Å². The Hall–Kier alpha value is -0.830. The summed E-state index contributed by atoms with van der Waals surface area (Å²) in [6, 6.07) is 0. The first-order chi connectivity index (χ1) is 6.04. The van der Waals surface area contributed by atoms with Crippen molar-refractivity contribution >= 4 is 5.97 Å². The summed E-state index contributed by atoms with van der Waals surface area (Å²) in [5, 5.41) is 0. The summed E-state index contributed by atoms with van der Waals surface area (Å²) in [5.41, 5.74) is 0.420. The van der Waals surface area contributed by atoms with E-state index in [4.69, 9.17) is 9.47 Å². The summed E-state index contributed by atoms with van der Waals surface area (Å²) in [4.78, 5) is 10.9. The van der Waals surface area contributed by atoms with Crippen molar-refractivity contribution in [3.05, 3.63) is 12.2 Å². The maximum absolute atomic E-state index is 10.9. The molecule has 3 nitrogen and oxygen atoms in total. The summed E-state index contributed by atoms with van der Waals surface area (Å²) in [5.74, 6) is 0.157. The molecule has 0 aromatic carbocycles. The number of carbonyl (C=O) groups excluding carboxylic acids is 1. The first kappa shape index (κ1) is 12.2. The van der Waals surface area contributed by atoms with Crippen LogP contribution in [-0.2, 0) is 14.3 Å². The van der Waals surface area contributed by atoms with E-state index in [2.05, 4.69) is 20.4 Å². The van der Waals surface area contributed by atoms with Gasteiger partial charge in [-0.3, -0.25) is 0 Å². The average Bonchev–Trinajstić information content (AvgIpc) is 2.02. The van der Waals surface area contributed by atoms with Gasteiger partial charge in [0.2, 0.25) is 0 Å². The van der Waals surface area contributed by atoms with Gasteiger partial charge in [-0.25, -0.2) is 4.79 Å². The fourth-order valence-corrected chi connectivity index (χ4v) is 0.636. The summed E-state index contributed by atoms with van der Waals surface area (Å²) < 4.78 is 10.0. The second kappa shape index (κ2) is 6.66. The van der Waals surface area contributed by atoms with Gasteiger partial charge in [-0.15, -0.1) is 0 Å². The minimum Gasteiger partial charge on any atom is -0.460 e. The molecule has 0 rings (SSSR count). The first-order valence-corrected chi connectivity index (χ1v) is 4.44. The average molecular weight is 186 g/mol. The fourth-order valence-electron chi connectivity index (χ4n) is 0.636. The SMILES string of the molecule is C=C(C)C(=O)OCCOCC(C)C. The molecule has 0 unspecified atom stereocenters. The summed E-state index contributed by atoms with van der Waals surface area (Å²) >= 11 is 0. The number of rotatable bonds is 6. The molecule has 13 heavy (non-hydrogen) atoms. The smallest absolute Gasteiger partial charge is 0.333 e. The van der Waals surface area contributed by atoms with Gasteiger partial charge in [0.1, 0.15) is 6.61 Å². The Bertz CT molecular complexity index is 173. The van der Waals surface area contributed by atoms with Crippen LogP contribution in [0.3, 0.4) is 0 Å². The highest BCUT2D eigenvalue weighted by molar-refractivity contribution is 5.86. The third-order valence-corrected chi connectivity index (χ3v) is 1.26. The van der Waals surface area contributed by atoms with Crippen LogP contribution in [0.1, 0.15) is 20.8 Å². The van der Waals surface area contributed by atoms with Crippen LogP contribution in [0.5, 0.6) is 0 Å². The van der Waals surface area contributed by atoms with Gasteiger partial charge in [0, 0.05) is 12.2 Å². The van der Waals surface area contributed by atoms with E-state index in [1.165, 1.54) is 0 Å². The quantitative estimate of drug-likeness (QED) is 0.360. The zero-order chi connectivity index (χ0) is 10.3. The number of ether oxygens (including phenoxy) is 2. The van der Waals surface area contributed by atoms with Crippen LogP contribution < -0.4 is 0 Å². The van der Waals surface area contributed by atoms with Gasteiger partial charge in [0.25, 0.3) is 0 Å². The van der Waals surface area contributed by atoms with Crippen molar-refractivity contribution in [1.82, 2.24) is 0 Å². The summed E-state index contributed by atoms with van der Waals surface area (Å²) in [7, 11) is 0. The number of hydrogen-bond donors (Lipinski definition) is 0. The Morgan fingerprint density at radius 2 is 2.00 bits per heavy atom. The van der Waals surface area contributed by atoms with E-state index in [1.807, 2.05) is 0 Å². The Morgan fingerprint density at radius 1 is 1.38 bits per heavy atom. The Labute approximate surface area is 79.7 Å². The molecule has 76 valence electrons. The number of esters is 1. The third kappa shape index (κ3) is 7.53. The minimum absolute atomic E-state index is 0.304. The molecule has 0 bridgehead atoms. The molecule has 0 aromatic heterocycles. The molecule has 0 aromatic rings. The Balaban J connectivity index is 3.26. The highest BCUT2D eigenvalue weighted by atomic mass is 16.6. The lowest BCUT2D eigenvalue weighted by Crippen LogP contribution is -2.12. The standard InChI is InChI=1S/C10H18O3/c1-8(2)7-12-5-6-13-10(11)9(3)4/h8H,3,5-7H2,1-2,4H3. The van der Waals surface area contributed by atoms with Crippen LogP contribution in [-0.4, -0.2) is 25.8 Å². The van der Waals surface area contributed by atoms with Gasteiger partial charge in [0.05, 0.1) is 6.61 Å². The maximum Gasteiger partial charge on any atom is 0.333 e. The molecule has 0 aliphatic heterocycles. The monoisotopic (exact) mass is 186 g/mol. The van der Waals surface area contributed by atoms with E-state index < -0.39 is 0 Å². The predicted octanol–water partition coefficient (Wildman–Crippen LogP) is 1.78. The maximum atomic E-state index is 10.9. The third-order valence-electron chi connectivity index (χ3n) is 1.26. The van der Waals surface area contributed by atoms with Crippen molar-refractivity contribution in [2.75, 3.05) is 19.8 Å². The van der Waals surface area contributed by atoms with Gasteiger partial charge < -0.3 is 9.47 Å². The molecular formula is C10H18O3. The van der Waals surface area contributed by atoms with Gasteiger partial charge in [-0.2, -0.15) is 0 Å². The molecule has 0 radical (unpaired) electrons. The number of carbonyl (C=O) groups is 1. The predicted molar refractivity (Wildman–Crippen MR) is 51.4 cm³/mol. The van der Waals surface area contributed by atoms with E-state index in [1.54, 1.807) is 6.92 Å². The Morgan fingerprint density at radius 3 is 2.46 bits per heavy atom. The van der Waals surface area contributed by atoms with Crippen molar-refractivity contribution < 1.29 is 14.3 Å². The molecule has 0 aliphatic rings. The van der Waals surface area contributed by atoms with E-state index in [0.29, 0.717) is 31.3 Å². The molecular weight excluding hydrogens is 168 g/mol. The van der Waals surface area contributed by atoms with Crippen molar-refractivity contribution in [3.8, 4) is 0 Å². The fraction of sp³-hybridized carbons (Fsp3) is 0.700. The molecule has 0 aliphatic carbocycles. The second-order valence-corrected chi connectivity index (χ2v) is 3.39. The molecule has 0 spiro atoms. The van der Waals surface area contributed by atoms with E-state index >= 15 is 0 Å². The highest BCUT2D eigenvalue weighted by Gasteiger charge is 2.01. The van der Waals surface area contributed by atoms with Gasteiger partial charge >= 0.3 is 5.97 Å². The summed E-state index contributed by atoms with van der Waals surface area (Å²) in [6.45, 7) is 10.7. The lowest BCUT2D eigenvalue weighted by Gasteiger charge is -2.07. The van der Waals surface area contributed by atoms with Gasteiger partial charge in [-0.05, 0) is 12.8 Å². The lowest BCUT2D eigenvalue weighted by atomic mass is 10.2. The molecule has 0 heterocycles. The van der Waals surface area contributed by atoms with Gasteiger partial charge in [0.15, 0.2) is 0 Å². The van der Waals surface area contributed by atoms with Crippen LogP contribution in [0.25, 0.3) is 0 Å². The molecule has 0 amide bonds. The molecule has 0 saturated heterocycles. The van der Waals surface area contributed by atoms with Crippen LogP contribution in [0, 0.1) is 5.92 Å². The highest BCUT2D eigenvalue weighted by Crippen LogP contribution is 1.94. The lowest BCUT2D eigenvalue weighted by molar-refractivity contribution is -0.140. The summed E-state index contributed by atoms with van der Waals surface area (Å²) in [6.07, 6.45) is 0. The molecule has 3 heteroatoms. The molecule has 0 atom stereocenters. The van der Waals surface area contributed by atoms with Crippen LogP contribution in [0.2, 0.25) is 0 Å². The minimum atomic E-state index is -0.354. The molecule has 0 fully saturated rings. The molecule has 0 N–H and O–H groups in total. The largest absolute Gasteiger partial charge is 0.460 e. The zero-order valence-corrected chi connectivity index (χ0v) is 8.63. The van der Waals surface area contributed by atoms with E-state index in [-0.39, 0.29) is 5.97 Å². The van der Waals surface area contributed by atoms with Crippen LogP contribution >= 0.6 is 0 Å². The van der Waals surface area contributed by atoms with Crippen molar-refractivity contribution in [3.63, 3.8) is 0 Å². The topological polar surface area (TPSA) is 35.5 Å². The second-order valence-electron chi connectivity index (χ2n) is 3.39. The number of hydrogen-bond acceptors (Lipinski definition) is 3. The van der Waals surface area contributed by atoms with E-state index in [9.17, 15) is 4.79 Å². The van der Waals surface area contributed by atoms with Gasteiger partial charge in [-0.1, -0.05) is 20.4 Å². The molecule has 0 saturated carbocycles. The van der Waals surface area contributed by atoms with E-state index in [0.717, 1.165) is 0 Å². The Kier molecular flexibility index (Phi) is 6.24. The van der Waals surface area contributed by atoms with Crippen LogP contribution in [0.4, 0.5) is 0 Å². The first-order valence-electron chi connectivity index (χ1n) is 4.44. The van der Waals surface area contributed by atoms with Crippen LogP contribution in [0.15, 0.2) is 12.2 Å². The van der Waals surface area contributed by atoms with Crippen molar-refractivity contribution in [2.24, 2.45) is 5.92 Å².